The molecule has 9 nitrogen and oxygen atoms in total. The normalized spacial score (nSPS) is 20.8. The molecule has 32 heavy (non-hydrogen) atoms. The fourth-order valence-corrected chi connectivity index (χ4v) is 4.33. The number of aryl methyl sites for hydroxylation is 1. The maximum Gasteiger partial charge on any atom is 0.221 e. The highest BCUT2D eigenvalue weighted by Gasteiger charge is 2.32. The van der Waals surface area contributed by atoms with E-state index in [1.807, 2.05) is 48.5 Å². The van der Waals surface area contributed by atoms with Gasteiger partial charge in [0.25, 0.3) is 0 Å². The van der Waals surface area contributed by atoms with Gasteiger partial charge in [-0.2, -0.15) is 0 Å². The summed E-state index contributed by atoms with van der Waals surface area (Å²) in [7, 11) is 1.80. The third-order valence-corrected chi connectivity index (χ3v) is 6.24. The van der Waals surface area contributed by atoms with Gasteiger partial charge in [-0.05, 0) is 33.7 Å². The summed E-state index contributed by atoms with van der Waals surface area (Å²) in [5, 5.41) is 24.4. The highest BCUT2D eigenvalue weighted by atomic mass is 32.2. The standard InChI is InChI=1S/C22H25N5O4S/c1-14(29)23-18-9-7-17(8-10-18)21-30-19(13-32-22-24-25-26-27(22)2)11-20(31-21)16-5-3-15(12-28)4-6-16/h3-10,19-21,28H,11-13H2,1-2H3,(H,23,29)/t19-,20+,21+/m1/s1. The van der Waals surface area contributed by atoms with Crippen molar-refractivity contribution in [3.8, 4) is 0 Å². The Labute approximate surface area is 190 Å². The van der Waals surface area contributed by atoms with E-state index in [0.717, 1.165) is 27.5 Å². The second-order valence-electron chi connectivity index (χ2n) is 7.55. The highest BCUT2D eigenvalue weighted by Crippen LogP contribution is 2.39. The highest BCUT2D eigenvalue weighted by molar-refractivity contribution is 7.99. The van der Waals surface area contributed by atoms with Gasteiger partial charge in [0.1, 0.15) is 0 Å². The molecule has 4 rings (SSSR count). The largest absolute Gasteiger partial charge is 0.392 e. The van der Waals surface area contributed by atoms with Crippen LogP contribution in [0.3, 0.4) is 0 Å². The molecule has 0 bridgehead atoms. The van der Waals surface area contributed by atoms with Crippen molar-refractivity contribution in [2.75, 3.05) is 11.1 Å². The second-order valence-corrected chi connectivity index (χ2v) is 8.54. The van der Waals surface area contributed by atoms with Crippen molar-refractivity contribution in [3.05, 3.63) is 65.2 Å². The number of nitrogens with one attached hydrogen (secondary N) is 1. The van der Waals surface area contributed by atoms with Crippen molar-refractivity contribution >= 4 is 23.4 Å². The molecule has 2 N–H and O–H groups in total. The lowest BCUT2D eigenvalue weighted by Crippen LogP contribution is -2.31. The predicted molar refractivity (Wildman–Crippen MR) is 119 cm³/mol. The first-order valence-corrected chi connectivity index (χ1v) is 11.2. The van der Waals surface area contributed by atoms with E-state index in [-0.39, 0.29) is 24.7 Å². The van der Waals surface area contributed by atoms with Gasteiger partial charge in [0.2, 0.25) is 11.1 Å². The lowest BCUT2D eigenvalue weighted by atomic mass is 10.0. The Hall–Kier alpha value is -2.79. The third-order valence-electron chi connectivity index (χ3n) is 5.10. The molecular weight excluding hydrogens is 430 g/mol. The molecule has 1 fully saturated rings. The van der Waals surface area contributed by atoms with Crippen LogP contribution in [0.25, 0.3) is 0 Å². The molecule has 0 radical (unpaired) electrons. The van der Waals surface area contributed by atoms with Crippen molar-refractivity contribution in [3.63, 3.8) is 0 Å². The smallest absolute Gasteiger partial charge is 0.221 e. The van der Waals surface area contributed by atoms with Crippen LogP contribution in [0.5, 0.6) is 0 Å². The van der Waals surface area contributed by atoms with Crippen LogP contribution in [0.2, 0.25) is 0 Å². The zero-order valence-electron chi connectivity index (χ0n) is 17.8. The number of carbonyl (C=O) groups is 1. The Morgan fingerprint density at radius 1 is 1.16 bits per heavy atom. The first kappa shape index (κ1) is 22.4. The fourth-order valence-electron chi connectivity index (χ4n) is 3.46. The Kier molecular flexibility index (Phi) is 7.15. The molecule has 0 aliphatic carbocycles. The predicted octanol–water partition coefficient (Wildman–Crippen LogP) is 3.00. The molecule has 1 amide bonds. The number of thioether (sulfide) groups is 1. The average molecular weight is 456 g/mol. The van der Waals surface area contributed by atoms with Crippen molar-refractivity contribution < 1.29 is 19.4 Å². The van der Waals surface area contributed by atoms with Crippen LogP contribution in [0, 0.1) is 0 Å². The number of benzene rings is 2. The maximum absolute atomic E-state index is 11.3. The van der Waals surface area contributed by atoms with Gasteiger partial charge >= 0.3 is 0 Å². The van der Waals surface area contributed by atoms with E-state index >= 15 is 0 Å². The summed E-state index contributed by atoms with van der Waals surface area (Å²) in [6.07, 6.45) is -0.134. The van der Waals surface area contributed by atoms with Crippen LogP contribution < -0.4 is 5.32 Å². The number of tetrazole rings is 1. The summed E-state index contributed by atoms with van der Waals surface area (Å²) >= 11 is 1.54. The second kappa shape index (κ2) is 10.2. The van der Waals surface area contributed by atoms with E-state index in [9.17, 15) is 9.90 Å². The summed E-state index contributed by atoms with van der Waals surface area (Å²) in [5.41, 5.74) is 3.47. The minimum atomic E-state index is -0.555. The molecule has 3 aromatic rings. The summed E-state index contributed by atoms with van der Waals surface area (Å²) < 4.78 is 14.2. The molecular formula is C22H25N5O4S. The van der Waals surface area contributed by atoms with Crippen molar-refractivity contribution in [2.24, 2.45) is 7.05 Å². The topological polar surface area (TPSA) is 111 Å². The van der Waals surface area contributed by atoms with Gasteiger partial charge in [-0.25, -0.2) is 4.68 Å². The van der Waals surface area contributed by atoms with Gasteiger partial charge in [-0.15, -0.1) is 5.10 Å². The number of hydrogen-bond donors (Lipinski definition) is 2. The van der Waals surface area contributed by atoms with E-state index in [1.165, 1.54) is 18.7 Å². The van der Waals surface area contributed by atoms with Crippen molar-refractivity contribution in [1.29, 1.82) is 0 Å². The Morgan fingerprint density at radius 2 is 1.88 bits per heavy atom. The number of amides is 1. The Balaban J connectivity index is 1.52. The number of aliphatic hydroxyl groups is 1. The van der Waals surface area contributed by atoms with Crippen LogP contribution >= 0.6 is 11.8 Å². The van der Waals surface area contributed by atoms with Gasteiger partial charge in [0.15, 0.2) is 6.29 Å². The first-order chi connectivity index (χ1) is 15.5. The third kappa shape index (κ3) is 5.52. The molecule has 0 unspecified atom stereocenters. The van der Waals surface area contributed by atoms with E-state index in [4.69, 9.17) is 9.47 Å². The zero-order chi connectivity index (χ0) is 22.5. The molecule has 0 spiro atoms. The Bertz CT molecular complexity index is 1040. The number of aromatic nitrogens is 4. The van der Waals surface area contributed by atoms with E-state index in [2.05, 4.69) is 20.8 Å². The summed E-state index contributed by atoms with van der Waals surface area (Å²) in [5.74, 6) is 0.549. The number of carbonyl (C=O) groups excluding carboxylic acids is 1. The number of anilines is 1. The van der Waals surface area contributed by atoms with Gasteiger partial charge in [0, 0.05) is 37.4 Å². The van der Waals surface area contributed by atoms with Crippen LogP contribution in [0.4, 0.5) is 5.69 Å². The van der Waals surface area contributed by atoms with Gasteiger partial charge in [0.05, 0.1) is 18.8 Å². The maximum atomic E-state index is 11.3. The molecule has 1 saturated heterocycles. The van der Waals surface area contributed by atoms with E-state index in [0.29, 0.717) is 12.2 Å². The van der Waals surface area contributed by atoms with Crippen molar-refractivity contribution in [1.82, 2.24) is 20.2 Å². The first-order valence-electron chi connectivity index (χ1n) is 10.2. The summed E-state index contributed by atoms with van der Waals surface area (Å²) in [6.45, 7) is 1.48. The lowest BCUT2D eigenvalue weighted by Gasteiger charge is -2.36. The number of nitrogens with zero attached hydrogens (tertiary/aromatic N) is 4. The fraction of sp³-hybridized carbons (Fsp3) is 0.364. The lowest BCUT2D eigenvalue weighted by molar-refractivity contribution is -0.245. The van der Waals surface area contributed by atoms with Crippen LogP contribution in [0.1, 0.15) is 42.4 Å². The summed E-state index contributed by atoms with van der Waals surface area (Å²) in [4.78, 5) is 11.3. The quantitative estimate of drug-likeness (QED) is 0.523. The molecule has 2 aromatic carbocycles. The van der Waals surface area contributed by atoms with Crippen LogP contribution in [-0.2, 0) is 27.9 Å². The Morgan fingerprint density at radius 3 is 2.50 bits per heavy atom. The molecule has 0 saturated carbocycles. The van der Waals surface area contributed by atoms with E-state index < -0.39 is 6.29 Å². The van der Waals surface area contributed by atoms with Crippen LogP contribution in [0.15, 0.2) is 53.7 Å². The number of aliphatic hydroxyl groups excluding tert-OH is 1. The molecule has 1 aliphatic heterocycles. The number of ether oxygens (including phenoxy) is 2. The minimum Gasteiger partial charge on any atom is -0.392 e. The molecule has 1 aromatic heterocycles. The molecule has 10 heteroatoms. The van der Waals surface area contributed by atoms with Gasteiger partial charge in [-0.3, -0.25) is 4.79 Å². The molecule has 168 valence electrons. The average Bonchev–Trinajstić information content (AvgIpc) is 3.22. The number of rotatable bonds is 7. The zero-order valence-corrected chi connectivity index (χ0v) is 18.7. The molecule has 1 aliphatic rings. The SMILES string of the molecule is CC(=O)Nc1ccc([C@H]2O[C@@H](CSc3nnnn3C)C[C@@H](c3ccc(CO)cc3)O2)cc1. The van der Waals surface area contributed by atoms with E-state index in [1.54, 1.807) is 11.7 Å². The molecule has 2 heterocycles. The van der Waals surface area contributed by atoms with Crippen LogP contribution in [-0.4, -0.2) is 43.1 Å². The van der Waals surface area contributed by atoms with Gasteiger partial charge < -0.3 is 19.9 Å². The van der Waals surface area contributed by atoms with Gasteiger partial charge in [-0.1, -0.05) is 48.2 Å². The minimum absolute atomic E-state index is 0.00316. The monoisotopic (exact) mass is 455 g/mol. The number of hydrogen-bond acceptors (Lipinski definition) is 8. The summed E-state index contributed by atoms with van der Waals surface area (Å²) in [6, 6.07) is 15.2. The van der Waals surface area contributed by atoms with Crippen molar-refractivity contribution in [2.45, 2.75) is 43.6 Å². The molecule has 3 atom stereocenters.